The Labute approximate surface area is 145 Å². The molecule has 1 fully saturated rings. The molecular weight excluding hydrogens is 322 g/mol. The Bertz CT molecular complexity index is 755. The van der Waals surface area contributed by atoms with Crippen molar-refractivity contribution in [3.8, 4) is 0 Å². The number of rotatable bonds is 5. The van der Waals surface area contributed by atoms with Crippen molar-refractivity contribution in [3.05, 3.63) is 64.2 Å². The summed E-state index contributed by atoms with van der Waals surface area (Å²) in [5, 5.41) is 13.5. The molecule has 1 aliphatic rings. The first kappa shape index (κ1) is 16.9. The zero-order valence-corrected chi connectivity index (χ0v) is 13.7. The molecule has 25 heavy (non-hydrogen) atoms. The van der Waals surface area contributed by atoms with Crippen LogP contribution < -0.4 is 10.2 Å². The number of hydrogen-bond donors (Lipinski definition) is 1. The smallest absolute Gasteiger partial charge is 0.269 e. The normalized spacial score (nSPS) is 14.2. The third-order valence-electron chi connectivity index (χ3n) is 4.02. The van der Waals surface area contributed by atoms with Crippen LogP contribution in [0.25, 0.3) is 0 Å². The molecule has 1 aliphatic heterocycles. The van der Waals surface area contributed by atoms with Gasteiger partial charge in [0.1, 0.15) is 0 Å². The van der Waals surface area contributed by atoms with Gasteiger partial charge in [-0.05, 0) is 23.8 Å². The van der Waals surface area contributed by atoms with Gasteiger partial charge in [-0.25, -0.2) is 0 Å². The molecule has 0 saturated carbocycles. The molecule has 3 rings (SSSR count). The summed E-state index contributed by atoms with van der Waals surface area (Å²) in [5.74, 6) is -0.159. The van der Waals surface area contributed by atoms with Gasteiger partial charge in [-0.1, -0.05) is 18.2 Å². The van der Waals surface area contributed by atoms with Crippen LogP contribution in [0, 0.1) is 10.1 Å². The van der Waals surface area contributed by atoms with E-state index >= 15 is 0 Å². The van der Waals surface area contributed by atoms with Gasteiger partial charge in [0.05, 0.1) is 24.6 Å². The van der Waals surface area contributed by atoms with Crippen molar-refractivity contribution in [2.75, 3.05) is 36.5 Å². The van der Waals surface area contributed by atoms with Crippen LogP contribution in [0.15, 0.2) is 48.5 Å². The Morgan fingerprint density at radius 1 is 1.16 bits per heavy atom. The summed E-state index contributed by atoms with van der Waals surface area (Å²) < 4.78 is 5.35. The number of nitrogens with zero attached hydrogens (tertiary/aromatic N) is 2. The van der Waals surface area contributed by atoms with Crippen molar-refractivity contribution in [2.45, 2.75) is 6.42 Å². The van der Waals surface area contributed by atoms with Gasteiger partial charge >= 0.3 is 0 Å². The maximum Gasteiger partial charge on any atom is 0.269 e. The average Bonchev–Trinajstić information content (AvgIpc) is 2.63. The lowest BCUT2D eigenvalue weighted by Crippen LogP contribution is -2.36. The molecule has 7 nitrogen and oxygen atoms in total. The standard InChI is InChI=1S/C18H19N3O4/c22-18(12-14-4-6-16(7-5-14)21(23)24)19-15-2-1-3-17(13-15)20-8-10-25-11-9-20/h1-7,13H,8-12H2,(H,19,22). The Morgan fingerprint density at radius 2 is 1.88 bits per heavy atom. The maximum absolute atomic E-state index is 12.2. The van der Waals surface area contributed by atoms with Gasteiger partial charge in [-0.15, -0.1) is 0 Å². The molecule has 0 aromatic heterocycles. The Balaban J connectivity index is 1.61. The van der Waals surface area contributed by atoms with E-state index < -0.39 is 4.92 Å². The molecule has 1 heterocycles. The van der Waals surface area contributed by atoms with Gasteiger partial charge < -0.3 is 15.0 Å². The van der Waals surface area contributed by atoms with Crippen molar-refractivity contribution in [1.29, 1.82) is 0 Å². The molecule has 1 amide bonds. The molecule has 0 bridgehead atoms. The number of carbonyl (C=O) groups excluding carboxylic acids is 1. The summed E-state index contributed by atoms with van der Waals surface area (Å²) in [5.41, 5.74) is 2.53. The number of non-ortho nitro benzene ring substituents is 1. The molecule has 0 spiro atoms. The average molecular weight is 341 g/mol. The number of hydrogen-bond acceptors (Lipinski definition) is 5. The molecule has 130 valence electrons. The first-order valence-electron chi connectivity index (χ1n) is 8.08. The first-order chi connectivity index (χ1) is 12.1. The quantitative estimate of drug-likeness (QED) is 0.667. The Kier molecular flexibility index (Phi) is 5.25. The second-order valence-electron chi connectivity index (χ2n) is 5.80. The van der Waals surface area contributed by atoms with Crippen molar-refractivity contribution in [1.82, 2.24) is 0 Å². The predicted molar refractivity (Wildman–Crippen MR) is 94.9 cm³/mol. The number of nitrogens with one attached hydrogen (secondary N) is 1. The lowest BCUT2D eigenvalue weighted by molar-refractivity contribution is -0.384. The minimum atomic E-state index is -0.457. The highest BCUT2D eigenvalue weighted by Gasteiger charge is 2.12. The van der Waals surface area contributed by atoms with Crippen LogP contribution in [0.5, 0.6) is 0 Å². The molecule has 1 N–H and O–H groups in total. The highest BCUT2D eigenvalue weighted by Crippen LogP contribution is 2.21. The molecule has 0 unspecified atom stereocenters. The zero-order chi connectivity index (χ0) is 17.6. The molecule has 2 aromatic carbocycles. The van der Waals surface area contributed by atoms with Crippen LogP contribution >= 0.6 is 0 Å². The van der Waals surface area contributed by atoms with Crippen LogP contribution in [-0.4, -0.2) is 37.1 Å². The van der Waals surface area contributed by atoms with Gasteiger partial charge in [0, 0.05) is 36.6 Å². The first-order valence-corrected chi connectivity index (χ1v) is 8.08. The van der Waals surface area contributed by atoms with E-state index in [1.165, 1.54) is 12.1 Å². The van der Waals surface area contributed by atoms with Crippen LogP contribution in [0.3, 0.4) is 0 Å². The molecular formula is C18H19N3O4. The minimum absolute atomic E-state index is 0.0161. The molecule has 2 aromatic rings. The van der Waals surface area contributed by atoms with Crippen molar-refractivity contribution < 1.29 is 14.5 Å². The fourth-order valence-corrected chi connectivity index (χ4v) is 2.73. The molecule has 0 radical (unpaired) electrons. The van der Waals surface area contributed by atoms with E-state index in [4.69, 9.17) is 4.74 Å². The number of benzene rings is 2. The fourth-order valence-electron chi connectivity index (χ4n) is 2.73. The zero-order valence-electron chi connectivity index (χ0n) is 13.7. The summed E-state index contributed by atoms with van der Waals surface area (Å²) in [4.78, 5) is 24.6. The van der Waals surface area contributed by atoms with Crippen molar-refractivity contribution in [2.24, 2.45) is 0 Å². The number of nitro benzene ring substituents is 1. The molecule has 1 saturated heterocycles. The van der Waals surface area contributed by atoms with Crippen LogP contribution in [-0.2, 0) is 16.0 Å². The highest BCUT2D eigenvalue weighted by atomic mass is 16.6. The maximum atomic E-state index is 12.2. The van der Waals surface area contributed by atoms with E-state index in [-0.39, 0.29) is 18.0 Å². The summed E-state index contributed by atoms with van der Waals surface area (Å²) in [7, 11) is 0. The van der Waals surface area contributed by atoms with Crippen LogP contribution in [0.4, 0.5) is 17.1 Å². The van der Waals surface area contributed by atoms with Crippen LogP contribution in [0.2, 0.25) is 0 Å². The number of amides is 1. The number of nitro groups is 1. The number of anilines is 2. The Hall–Kier alpha value is -2.93. The van der Waals surface area contributed by atoms with Gasteiger partial charge in [0.15, 0.2) is 0 Å². The topological polar surface area (TPSA) is 84.7 Å². The van der Waals surface area contributed by atoms with E-state index in [0.717, 1.165) is 30.0 Å². The second-order valence-corrected chi connectivity index (χ2v) is 5.80. The van der Waals surface area contributed by atoms with Crippen LogP contribution in [0.1, 0.15) is 5.56 Å². The number of ether oxygens (including phenoxy) is 1. The SMILES string of the molecule is O=C(Cc1ccc([N+](=O)[O-])cc1)Nc1cccc(N2CCOCC2)c1. The van der Waals surface area contributed by atoms with Crippen molar-refractivity contribution >= 4 is 23.0 Å². The predicted octanol–water partition coefficient (Wildman–Crippen LogP) is 2.61. The number of morpholine rings is 1. The number of carbonyl (C=O) groups is 1. The van der Waals surface area contributed by atoms with Crippen molar-refractivity contribution in [3.63, 3.8) is 0 Å². The summed E-state index contributed by atoms with van der Waals surface area (Å²) in [6.07, 6.45) is 0.166. The van der Waals surface area contributed by atoms with E-state index in [2.05, 4.69) is 10.2 Å². The van der Waals surface area contributed by atoms with Gasteiger partial charge in [0.25, 0.3) is 5.69 Å². The largest absolute Gasteiger partial charge is 0.378 e. The Morgan fingerprint density at radius 3 is 2.56 bits per heavy atom. The van der Waals surface area contributed by atoms with E-state index in [1.807, 2.05) is 24.3 Å². The van der Waals surface area contributed by atoms with Gasteiger partial charge in [-0.3, -0.25) is 14.9 Å². The summed E-state index contributed by atoms with van der Waals surface area (Å²) in [6, 6.07) is 13.7. The lowest BCUT2D eigenvalue weighted by atomic mass is 10.1. The van der Waals surface area contributed by atoms with E-state index in [1.54, 1.807) is 12.1 Å². The summed E-state index contributed by atoms with van der Waals surface area (Å²) in [6.45, 7) is 3.08. The van der Waals surface area contributed by atoms with Gasteiger partial charge in [-0.2, -0.15) is 0 Å². The minimum Gasteiger partial charge on any atom is -0.378 e. The summed E-state index contributed by atoms with van der Waals surface area (Å²) >= 11 is 0. The second kappa shape index (κ2) is 7.76. The monoisotopic (exact) mass is 341 g/mol. The molecule has 0 aliphatic carbocycles. The molecule has 7 heteroatoms. The third-order valence-corrected chi connectivity index (χ3v) is 4.02. The van der Waals surface area contributed by atoms with Gasteiger partial charge in [0.2, 0.25) is 5.91 Å². The molecule has 0 atom stereocenters. The lowest BCUT2D eigenvalue weighted by Gasteiger charge is -2.29. The highest BCUT2D eigenvalue weighted by molar-refractivity contribution is 5.92. The fraction of sp³-hybridized carbons (Fsp3) is 0.278. The van der Waals surface area contributed by atoms with E-state index in [9.17, 15) is 14.9 Å². The third kappa shape index (κ3) is 4.54. The van der Waals surface area contributed by atoms with E-state index in [0.29, 0.717) is 13.2 Å².